The summed E-state index contributed by atoms with van der Waals surface area (Å²) in [6.45, 7) is 6.28. The Morgan fingerprint density at radius 3 is 2.57 bits per heavy atom. The molecule has 0 atom stereocenters. The summed E-state index contributed by atoms with van der Waals surface area (Å²) in [5.74, 6) is 0.647. The molecule has 0 heterocycles. The molecule has 0 unspecified atom stereocenters. The van der Waals surface area contributed by atoms with Crippen molar-refractivity contribution in [1.82, 2.24) is 5.32 Å². The van der Waals surface area contributed by atoms with Crippen LogP contribution in [0.3, 0.4) is 0 Å². The van der Waals surface area contributed by atoms with Gasteiger partial charge in [-0.3, -0.25) is 0 Å². The zero-order chi connectivity index (χ0) is 10.2. The molecule has 0 spiro atoms. The van der Waals surface area contributed by atoms with E-state index in [4.69, 9.17) is 0 Å². The summed E-state index contributed by atoms with van der Waals surface area (Å²) in [5, 5.41) is 3.37. The molecule has 76 valence electrons. The minimum absolute atomic E-state index is 0.647. The molecule has 0 aliphatic carbocycles. The molecule has 0 bridgehead atoms. The Labute approximate surface area is 86.8 Å². The maximum absolute atomic E-state index is 3.37. The predicted octanol–water partition coefficient (Wildman–Crippen LogP) is 2.99. The molecule has 1 nitrogen and oxygen atoms in total. The van der Waals surface area contributed by atoms with Gasteiger partial charge < -0.3 is 5.32 Å². The quantitative estimate of drug-likeness (QED) is 0.554. The molecule has 1 N–H and O–H groups in total. The van der Waals surface area contributed by atoms with Crippen molar-refractivity contribution in [2.45, 2.75) is 20.4 Å². The first-order chi connectivity index (χ1) is 6.79. The lowest BCUT2D eigenvalue weighted by molar-refractivity contribution is 0.749. The third-order valence-electron chi connectivity index (χ3n) is 1.96. The van der Waals surface area contributed by atoms with Crippen molar-refractivity contribution in [3.05, 3.63) is 48.0 Å². The van der Waals surface area contributed by atoms with E-state index in [2.05, 4.69) is 55.6 Å². The Balaban J connectivity index is 2.16. The highest BCUT2D eigenvalue weighted by Crippen LogP contribution is 1.97. The Hall–Kier alpha value is -1.08. The fourth-order valence-electron chi connectivity index (χ4n) is 1.24. The molecule has 14 heavy (non-hydrogen) atoms. The van der Waals surface area contributed by atoms with Gasteiger partial charge in [-0.25, -0.2) is 0 Å². The Morgan fingerprint density at radius 2 is 1.93 bits per heavy atom. The maximum Gasteiger partial charge on any atom is 0.0208 e. The molecular formula is C13H19N. The molecule has 0 radical (unpaired) electrons. The average Bonchev–Trinajstić information content (AvgIpc) is 2.18. The van der Waals surface area contributed by atoms with Crippen LogP contribution >= 0.6 is 0 Å². The molecule has 1 aromatic carbocycles. The van der Waals surface area contributed by atoms with Crippen LogP contribution in [0, 0.1) is 5.92 Å². The van der Waals surface area contributed by atoms with Gasteiger partial charge in [0.05, 0.1) is 0 Å². The highest BCUT2D eigenvalue weighted by molar-refractivity contribution is 5.14. The standard InChI is InChI=1S/C13H19N/c1-12(2)7-6-10-14-11-13-8-4-3-5-9-13/h3-9,12,14H,10-11H2,1-2H3. The van der Waals surface area contributed by atoms with Gasteiger partial charge in [-0.05, 0) is 11.5 Å². The van der Waals surface area contributed by atoms with Gasteiger partial charge in [-0.2, -0.15) is 0 Å². The molecule has 0 aromatic heterocycles. The van der Waals surface area contributed by atoms with E-state index in [1.54, 1.807) is 0 Å². The van der Waals surface area contributed by atoms with E-state index in [1.165, 1.54) is 5.56 Å². The maximum atomic E-state index is 3.37. The average molecular weight is 189 g/mol. The van der Waals surface area contributed by atoms with Gasteiger partial charge >= 0.3 is 0 Å². The lowest BCUT2D eigenvalue weighted by Gasteiger charge is -2.01. The van der Waals surface area contributed by atoms with Crippen LogP contribution in [-0.4, -0.2) is 6.54 Å². The third-order valence-corrected chi connectivity index (χ3v) is 1.96. The summed E-state index contributed by atoms with van der Waals surface area (Å²) in [6, 6.07) is 10.5. The van der Waals surface area contributed by atoms with Gasteiger partial charge in [0.1, 0.15) is 0 Å². The van der Waals surface area contributed by atoms with E-state index in [9.17, 15) is 0 Å². The van der Waals surface area contributed by atoms with Gasteiger partial charge in [0.15, 0.2) is 0 Å². The van der Waals surface area contributed by atoms with E-state index in [-0.39, 0.29) is 0 Å². The predicted molar refractivity (Wildman–Crippen MR) is 62.1 cm³/mol. The van der Waals surface area contributed by atoms with Crippen LogP contribution in [-0.2, 0) is 6.54 Å². The number of nitrogens with one attached hydrogen (secondary N) is 1. The second kappa shape index (κ2) is 6.39. The molecule has 0 amide bonds. The van der Waals surface area contributed by atoms with Gasteiger partial charge in [0.25, 0.3) is 0 Å². The van der Waals surface area contributed by atoms with E-state index >= 15 is 0 Å². The minimum atomic E-state index is 0.647. The lowest BCUT2D eigenvalue weighted by atomic mass is 10.2. The van der Waals surface area contributed by atoms with Crippen molar-refractivity contribution in [1.29, 1.82) is 0 Å². The molecule has 1 aromatic rings. The monoisotopic (exact) mass is 189 g/mol. The fourth-order valence-corrected chi connectivity index (χ4v) is 1.24. The first-order valence-corrected chi connectivity index (χ1v) is 5.20. The first kappa shape index (κ1) is 11.0. The summed E-state index contributed by atoms with van der Waals surface area (Å²) in [4.78, 5) is 0. The van der Waals surface area contributed by atoms with Gasteiger partial charge in [-0.1, -0.05) is 56.3 Å². The third kappa shape index (κ3) is 4.83. The normalized spacial score (nSPS) is 11.4. The molecule has 1 heteroatoms. The van der Waals surface area contributed by atoms with Crippen molar-refractivity contribution in [3.63, 3.8) is 0 Å². The summed E-state index contributed by atoms with van der Waals surface area (Å²) in [5.41, 5.74) is 1.34. The van der Waals surface area contributed by atoms with Crippen LogP contribution in [0.2, 0.25) is 0 Å². The van der Waals surface area contributed by atoms with E-state index in [0.29, 0.717) is 5.92 Å². The van der Waals surface area contributed by atoms with Crippen LogP contribution in [0.1, 0.15) is 19.4 Å². The summed E-state index contributed by atoms with van der Waals surface area (Å²) < 4.78 is 0. The van der Waals surface area contributed by atoms with Crippen molar-refractivity contribution in [3.8, 4) is 0 Å². The SMILES string of the molecule is CC(C)C=CCNCc1ccccc1. The number of hydrogen-bond donors (Lipinski definition) is 1. The van der Waals surface area contributed by atoms with Crippen molar-refractivity contribution in [2.75, 3.05) is 6.54 Å². The van der Waals surface area contributed by atoms with Crippen LogP contribution in [0.5, 0.6) is 0 Å². The molecule has 0 aliphatic rings. The zero-order valence-corrected chi connectivity index (χ0v) is 9.03. The van der Waals surface area contributed by atoms with Crippen molar-refractivity contribution in [2.24, 2.45) is 5.92 Å². The molecule has 0 aliphatic heterocycles. The largest absolute Gasteiger partial charge is 0.309 e. The Morgan fingerprint density at radius 1 is 1.21 bits per heavy atom. The molecule has 0 saturated heterocycles. The van der Waals surface area contributed by atoms with Crippen molar-refractivity contribution < 1.29 is 0 Å². The Bertz CT molecular complexity index is 262. The molecule has 0 saturated carbocycles. The van der Waals surface area contributed by atoms with Crippen LogP contribution < -0.4 is 5.32 Å². The summed E-state index contributed by atoms with van der Waals surface area (Å²) >= 11 is 0. The number of hydrogen-bond acceptors (Lipinski definition) is 1. The van der Waals surface area contributed by atoms with Gasteiger partial charge in [-0.15, -0.1) is 0 Å². The molecular weight excluding hydrogens is 170 g/mol. The van der Waals surface area contributed by atoms with E-state index < -0.39 is 0 Å². The number of allylic oxidation sites excluding steroid dienone is 1. The van der Waals surface area contributed by atoms with Crippen LogP contribution in [0.4, 0.5) is 0 Å². The topological polar surface area (TPSA) is 12.0 Å². The van der Waals surface area contributed by atoms with Crippen molar-refractivity contribution >= 4 is 0 Å². The minimum Gasteiger partial charge on any atom is -0.309 e. The fraction of sp³-hybridized carbons (Fsp3) is 0.385. The number of rotatable bonds is 5. The van der Waals surface area contributed by atoms with E-state index in [1.807, 2.05) is 6.07 Å². The lowest BCUT2D eigenvalue weighted by Crippen LogP contribution is -2.12. The van der Waals surface area contributed by atoms with E-state index in [0.717, 1.165) is 13.1 Å². The van der Waals surface area contributed by atoms with Crippen LogP contribution in [0.15, 0.2) is 42.5 Å². The summed E-state index contributed by atoms with van der Waals surface area (Å²) in [7, 11) is 0. The molecule has 1 rings (SSSR count). The van der Waals surface area contributed by atoms with Gasteiger partial charge in [0, 0.05) is 13.1 Å². The highest BCUT2D eigenvalue weighted by atomic mass is 14.8. The zero-order valence-electron chi connectivity index (χ0n) is 9.03. The Kier molecular flexibility index (Phi) is 5.02. The number of benzene rings is 1. The first-order valence-electron chi connectivity index (χ1n) is 5.20. The second-order valence-electron chi connectivity index (χ2n) is 3.79. The smallest absolute Gasteiger partial charge is 0.0208 e. The molecule has 0 fully saturated rings. The highest BCUT2D eigenvalue weighted by Gasteiger charge is 1.88. The van der Waals surface area contributed by atoms with Gasteiger partial charge in [0.2, 0.25) is 0 Å². The summed E-state index contributed by atoms with van der Waals surface area (Å²) in [6.07, 6.45) is 4.41. The van der Waals surface area contributed by atoms with Crippen LogP contribution in [0.25, 0.3) is 0 Å². The second-order valence-corrected chi connectivity index (χ2v) is 3.79.